The quantitative estimate of drug-likeness (QED) is 0.631. The Balaban J connectivity index is 1.70. The summed E-state index contributed by atoms with van der Waals surface area (Å²) >= 11 is 1.50. The molecule has 0 bridgehead atoms. The Morgan fingerprint density at radius 1 is 1.17 bits per heavy atom. The molecule has 5 nitrogen and oxygen atoms in total. The Hall–Kier alpha value is -2.10. The van der Waals surface area contributed by atoms with Crippen LogP contribution in [0.4, 0.5) is 5.82 Å². The van der Waals surface area contributed by atoms with Gasteiger partial charge in [0.2, 0.25) is 0 Å². The van der Waals surface area contributed by atoms with Crippen molar-refractivity contribution in [1.82, 2.24) is 14.9 Å². The van der Waals surface area contributed by atoms with E-state index in [2.05, 4.69) is 56.2 Å². The van der Waals surface area contributed by atoms with Gasteiger partial charge in [-0.25, -0.2) is 9.97 Å². The van der Waals surface area contributed by atoms with Crippen LogP contribution in [0.2, 0.25) is 0 Å². The third-order valence-corrected chi connectivity index (χ3v) is 4.75. The molecule has 24 heavy (non-hydrogen) atoms. The van der Waals surface area contributed by atoms with Gasteiger partial charge in [0.15, 0.2) is 11.0 Å². The van der Waals surface area contributed by atoms with Crippen LogP contribution < -0.4 is 4.90 Å². The van der Waals surface area contributed by atoms with Crippen LogP contribution in [-0.4, -0.2) is 47.3 Å². The Kier molecular flexibility index (Phi) is 5.68. The van der Waals surface area contributed by atoms with Gasteiger partial charge in [0.05, 0.1) is 6.20 Å². The van der Waals surface area contributed by atoms with E-state index >= 15 is 0 Å². The van der Waals surface area contributed by atoms with Crippen LogP contribution >= 0.6 is 11.8 Å². The van der Waals surface area contributed by atoms with Gasteiger partial charge in [-0.2, -0.15) is 5.26 Å². The van der Waals surface area contributed by atoms with Crippen molar-refractivity contribution in [2.75, 3.05) is 37.3 Å². The molecule has 0 saturated carbocycles. The molecule has 0 N–H and O–H groups in total. The van der Waals surface area contributed by atoms with E-state index < -0.39 is 0 Å². The van der Waals surface area contributed by atoms with Crippen LogP contribution in [0.25, 0.3) is 0 Å². The summed E-state index contributed by atoms with van der Waals surface area (Å²) < 4.78 is 0. The van der Waals surface area contributed by atoms with Crippen molar-refractivity contribution in [3.63, 3.8) is 0 Å². The fourth-order valence-electron chi connectivity index (χ4n) is 2.96. The summed E-state index contributed by atoms with van der Waals surface area (Å²) in [5.74, 6) is 0.776. The molecule has 1 aromatic carbocycles. The topological polar surface area (TPSA) is 56.1 Å². The van der Waals surface area contributed by atoms with E-state index in [0.717, 1.165) is 50.1 Å². The normalized spacial score (nSPS) is 15.8. The predicted octanol–water partition coefficient (Wildman–Crippen LogP) is 2.78. The molecule has 1 fully saturated rings. The highest BCUT2D eigenvalue weighted by molar-refractivity contribution is 7.98. The van der Waals surface area contributed by atoms with Crippen LogP contribution in [0.5, 0.6) is 0 Å². The summed E-state index contributed by atoms with van der Waals surface area (Å²) in [5.41, 5.74) is 1.90. The van der Waals surface area contributed by atoms with E-state index in [0.29, 0.717) is 5.56 Å². The van der Waals surface area contributed by atoms with E-state index in [1.165, 1.54) is 17.3 Å². The minimum Gasteiger partial charge on any atom is -0.354 e. The zero-order chi connectivity index (χ0) is 16.8. The molecule has 6 heteroatoms. The van der Waals surface area contributed by atoms with Gasteiger partial charge >= 0.3 is 0 Å². The summed E-state index contributed by atoms with van der Waals surface area (Å²) in [6.45, 7) is 4.81. The van der Waals surface area contributed by atoms with Crippen LogP contribution in [0.1, 0.15) is 17.5 Å². The summed E-state index contributed by atoms with van der Waals surface area (Å²) in [7, 11) is 0. The van der Waals surface area contributed by atoms with Gasteiger partial charge in [-0.05, 0) is 18.2 Å². The van der Waals surface area contributed by atoms with E-state index in [9.17, 15) is 5.26 Å². The van der Waals surface area contributed by atoms with Gasteiger partial charge in [-0.15, -0.1) is 0 Å². The Morgan fingerprint density at radius 2 is 2.00 bits per heavy atom. The molecule has 0 aliphatic carbocycles. The Labute approximate surface area is 147 Å². The second-order valence-electron chi connectivity index (χ2n) is 5.81. The highest BCUT2D eigenvalue weighted by Gasteiger charge is 2.19. The van der Waals surface area contributed by atoms with Gasteiger partial charge in [0.1, 0.15) is 11.6 Å². The molecule has 0 radical (unpaired) electrons. The van der Waals surface area contributed by atoms with Gasteiger partial charge in [-0.3, -0.25) is 4.90 Å². The molecule has 1 aliphatic heterocycles. The molecule has 2 aromatic rings. The molecule has 0 atom stereocenters. The third kappa shape index (κ3) is 4.05. The lowest BCUT2D eigenvalue weighted by Gasteiger charge is -2.23. The largest absolute Gasteiger partial charge is 0.354 e. The molecular formula is C18H21N5S. The van der Waals surface area contributed by atoms with Gasteiger partial charge in [-0.1, -0.05) is 42.1 Å². The second-order valence-corrected chi connectivity index (χ2v) is 6.58. The third-order valence-electron chi connectivity index (χ3n) is 4.19. The van der Waals surface area contributed by atoms with Crippen molar-refractivity contribution in [1.29, 1.82) is 5.26 Å². The van der Waals surface area contributed by atoms with Gasteiger partial charge in [0.25, 0.3) is 0 Å². The number of benzene rings is 1. The lowest BCUT2D eigenvalue weighted by Crippen LogP contribution is -2.31. The summed E-state index contributed by atoms with van der Waals surface area (Å²) in [5, 5.41) is 10.1. The first-order valence-electron chi connectivity index (χ1n) is 8.12. The zero-order valence-electron chi connectivity index (χ0n) is 13.9. The van der Waals surface area contributed by atoms with E-state index in [-0.39, 0.29) is 0 Å². The number of hydrogen-bond donors (Lipinski definition) is 0. The second kappa shape index (κ2) is 8.13. The minimum atomic E-state index is 0.560. The highest BCUT2D eigenvalue weighted by atomic mass is 32.2. The smallest absolute Gasteiger partial charge is 0.189 e. The molecule has 0 unspecified atom stereocenters. The maximum absolute atomic E-state index is 9.36. The average molecular weight is 339 g/mol. The highest BCUT2D eigenvalue weighted by Crippen LogP contribution is 2.21. The Bertz CT molecular complexity index is 713. The molecule has 1 aromatic heterocycles. The summed E-state index contributed by atoms with van der Waals surface area (Å²) in [4.78, 5) is 13.5. The molecule has 0 spiro atoms. The van der Waals surface area contributed by atoms with Crippen molar-refractivity contribution >= 4 is 17.6 Å². The number of thioether (sulfide) groups is 1. The fourth-order valence-corrected chi connectivity index (χ4v) is 3.29. The first-order chi connectivity index (χ1) is 11.8. The van der Waals surface area contributed by atoms with E-state index in [4.69, 9.17) is 0 Å². The predicted molar refractivity (Wildman–Crippen MR) is 97.1 cm³/mol. The first-order valence-corrected chi connectivity index (χ1v) is 9.35. The maximum atomic E-state index is 9.36. The van der Waals surface area contributed by atoms with E-state index in [1.54, 1.807) is 6.20 Å². The molecule has 3 rings (SSSR count). The Morgan fingerprint density at radius 3 is 2.75 bits per heavy atom. The average Bonchev–Trinajstić information content (AvgIpc) is 2.87. The molecule has 124 valence electrons. The standard InChI is InChI=1S/C18H21N5S/c1-24-18-20-13-16(12-19)17(21-18)23-9-5-8-22(10-11-23)14-15-6-3-2-4-7-15/h2-4,6-7,13H,5,8-11,14H2,1H3. The molecule has 2 heterocycles. The van der Waals surface area contributed by atoms with Crippen LogP contribution in [-0.2, 0) is 6.54 Å². The van der Waals surface area contributed by atoms with Crippen molar-refractivity contribution in [3.8, 4) is 6.07 Å². The monoisotopic (exact) mass is 339 g/mol. The van der Waals surface area contributed by atoms with Crippen molar-refractivity contribution < 1.29 is 0 Å². The van der Waals surface area contributed by atoms with Crippen LogP contribution in [0.3, 0.4) is 0 Å². The number of nitrogens with zero attached hydrogens (tertiary/aromatic N) is 5. The van der Waals surface area contributed by atoms with Crippen molar-refractivity contribution in [3.05, 3.63) is 47.7 Å². The molecular weight excluding hydrogens is 318 g/mol. The fraction of sp³-hybridized carbons (Fsp3) is 0.389. The number of nitriles is 1. The van der Waals surface area contributed by atoms with Crippen molar-refractivity contribution in [2.45, 2.75) is 18.1 Å². The van der Waals surface area contributed by atoms with Gasteiger partial charge in [0, 0.05) is 32.7 Å². The van der Waals surface area contributed by atoms with Gasteiger partial charge < -0.3 is 4.90 Å². The number of rotatable bonds is 4. The lowest BCUT2D eigenvalue weighted by molar-refractivity contribution is 0.285. The molecule has 1 aliphatic rings. The summed E-state index contributed by atoms with van der Waals surface area (Å²) in [6.07, 6.45) is 4.66. The number of hydrogen-bond acceptors (Lipinski definition) is 6. The van der Waals surface area contributed by atoms with E-state index in [1.807, 2.05) is 6.26 Å². The minimum absolute atomic E-state index is 0.560. The molecule has 1 saturated heterocycles. The number of aromatic nitrogens is 2. The summed E-state index contributed by atoms with van der Waals surface area (Å²) in [6, 6.07) is 12.8. The zero-order valence-corrected chi connectivity index (χ0v) is 14.7. The lowest BCUT2D eigenvalue weighted by atomic mass is 10.2. The number of anilines is 1. The maximum Gasteiger partial charge on any atom is 0.189 e. The van der Waals surface area contributed by atoms with Crippen LogP contribution in [0, 0.1) is 11.3 Å². The van der Waals surface area contributed by atoms with Crippen LogP contribution in [0.15, 0.2) is 41.7 Å². The van der Waals surface area contributed by atoms with Crippen molar-refractivity contribution in [2.24, 2.45) is 0 Å². The molecule has 0 amide bonds. The first kappa shape index (κ1) is 16.7. The SMILES string of the molecule is CSc1ncc(C#N)c(N2CCCN(Cc3ccccc3)CC2)n1.